The zero-order valence-electron chi connectivity index (χ0n) is 8.61. The highest BCUT2D eigenvalue weighted by Crippen LogP contribution is 1.93. The molecular weight excluding hydrogens is 226 g/mol. The molecule has 0 aliphatic carbocycles. The third kappa shape index (κ3) is 2.68. The van der Waals surface area contributed by atoms with Gasteiger partial charge in [-0.25, -0.2) is 4.79 Å². The number of carbonyl (C=O) groups is 1. The number of aromatic amines is 3. The molecule has 0 radical (unpaired) electrons. The summed E-state index contributed by atoms with van der Waals surface area (Å²) >= 11 is 0. The van der Waals surface area contributed by atoms with E-state index in [0.717, 1.165) is 11.6 Å². The summed E-state index contributed by atoms with van der Waals surface area (Å²) in [5.41, 5.74) is -0.638. The topological polar surface area (TPSA) is 123 Å². The van der Waals surface area contributed by atoms with E-state index in [1.807, 2.05) is 4.98 Å². The van der Waals surface area contributed by atoms with Crippen molar-refractivity contribution >= 4 is 5.91 Å². The second-order valence-electron chi connectivity index (χ2n) is 3.29. The Morgan fingerprint density at radius 1 is 1.35 bits per heavy atom. The van der Waals surface area contributed by atoms with Gasteiger partial charge in [0.2, 0.25) is 0 Å². The van der Waals surface area contributed by atoms with Crippen LogP contribution in [0.5, 0.6) is 0 Å². The van der Waals surface area contributed by atoms with Gasteiger partial charge in [-0.3, -0.25) is 19.7 Å². The number of nitrogens with one attached hydrogen (secondary N) is 4. The fourth-order valence-corrected chi connectivity index (χ4v) is 1.24. The predicted octanol–water partition coefficient (Wildman–Crippen LogP) is -1.28. The molecule has 0 atom stereocenters. The van der Waals surface area contributed by atoms with Crippen molar-refractivity contribution in [2.24, 2.45) is 0 Å². The van der Waals surface area contributed by atoms with Crippen molar-refractivity contribution in [3.63, 3.8) is 0 Å². The maximum Gasteiger partial charge on any atom is 0.326 e. The zero-order valence-corrected chi connectivity index (χ0v) is 8.61. The van der Waals surface area contributed by atoms with Crippen LogP contribution in [0, 0.1) is 0 Å². The molecule has 0 spiro atoms. The molecule has 8 nitrogen and oxygen atoms in total. The van der Waals surface area contributed by atoms with Crippen LogP contribution in [0.2, 0.25) is 0 Å². The summed E-state index contributed by atoms with van der Waals surface area (Å²) in [6, 6.07) is 1.02. The van der Waals surface area contributed by atoms with Crippen LogP contribution in [-0.4, -0.2) is 26.1 Å². The summed E-state index contributed by atoms with van der Waals surface area (Å²) in [7, 11) is 0. The lowest BCUT2D eigenvalue weighted by Gasteiger charge is -2.02. The van der Waals surface area contributed by atoms with Crippen LogP contribution in [0.25, 0.3) is 0 Å². The summed E-state index contributed by atoms with van der Waals surface area (Å²) in [6.45, 7) is 0.254. The number of carbonyl (C=O) groups excluding carboxylic acids is 1. The largest absolute Gasteiger partial charge is 0.347 e. The van der Waals surface area contributed by atoms with Crippen LogP contribution in [0.15, 0.2) is 28.0 Å². The Morgan fingerprint density at radius 2 is 2.18 bits per heavy atom. The monoisotopic (exact) mass is 235 g/mol. The molecule has 0 aliphatic rings. The van der Waals surface area contributed by atoms with Crippen molar-refractivity contribution in [1.29, 1.82) is 0 Å². The lowest BCUT2D eigenvalue weighted by Crippen LogP contribution is -2.30. The lowest BCUT2D eigenvalue weighted by atomic mass is 10.3. The van der Waals surface area contributed by atoms with Gasteiger partial charge in [-0.1, -0.05) is 0 Å². The van der Waals surface area contributed by atoms with Gasteiger partial charge in [-0.05, 0) is 0 Å². The fourth-order valence-electron chi connectivity index (χ4n) is 1.24. The van der Waals surface area contributed by atoms with Crippen LogP contribution in [0.1, 0.15) is 16.1 Å². The average molecular weight is 235 g/mol. The normalized spacial score (nSPS) is 10.1. The van der Waals surface area contributed by atoms with Crippen LogP contribution in [0.3, 0.4) is 0 Å². The molecule has 2 heterocycles. The van der Waals surface area contributed by atoms with Crippen LogP contribution in [-0.2, 0) is 6.54 Å². The van der Waals surface area contributed by atoms with Gasteiger partial charge >= 0.3 is 5.69 Å². The maximum absolute atomic E-state index is 11.6. The lowest BCUT2D eigenvalue weighted by molar-refractivity contribution is 0.0945. The molecule has 0 unspecified atom stereocenters. The van der Waals surface area contributed by atoms with E-state index in [2.05, 4.69) is 20.5 Å². The number of nitrogens with zero attached hydrogens (tertiary/aromatic N) is 1. The van der Waals surface area contributed by atoms with E-state index in [4.69, 9.17) is 0 Å². The van der Waals surface area contributed by atoms with Crippen molar-refractivity contribution in [3.8, 4) is 0 Å². The van der Waals surface area contributed by atoms with Gasteiger partial charge in [-0.2, -0.15) is 5.10 Å². The number of rotatable bonds is 3. The Labute approximate surface area is 94.1 Å². The van der Waals surface area contributed by atoms with E-state index < -0.39 is 17.2 Å². The average Bonchev–Trinajstić information content (AvgIpc) is 2.77. The Kier molecular flexibility index (Phi) is 2.86. The van der Waals surface area contributed by atoms with Crippen molar-refractivity contribution in [2.45, 2.75) is 6.54 Å². The molecule has 0 bridgehead atoms. The number of hydrogen-bond donors (Lipinski definition) is 4. The van der Waals surface area contributed by atoms with Crippen molar-refractivity contribution < 1.29 is 4.79 Å². The Morgan fingerprint density at radius 3 is 2.82 bits per heavy atom. The predicted molar refractivity (Wildman–Crippen MR) is 57.4 cm³/mol. The molecule has 2 rings (SSSR count). The molecule has 0 aliphatic heterocycles. The highest BCUT2D eigenvalue weighted by atomic mass is 16.2. The first-order chi connectivity index (χ1) is 8.15. The molecule has 8 heteroatoms. The minimum atomic E-state index is -0.717. The second-order valence-corrected chi connectivity index (χ2v) is 3.29. The van der Waals surface area contributed by atoms with E-state index in [1.54, 1.807) is 12.4 Å². The van der Waals surface area contributed by atoms with Crippen molar-refractivity contribution in [2.75, 3.05) is 0 Å². The van der Waals surface area contributed by atoms with Gasteiger partial charge in [0.1, 0.15) is 5.69 Å². The number of aromatic nitrogens is 4. The number of hydrogen-bond acceptors (Lipinski definition) is 4. The minimum Gasteiger partial charge on any atom is -0.347 e. The summed E-state index contributed by atoms with van der Waals surface area (Å²) in [4.78, 5) is 37.7. The highest BCUT2D eigenvalue weighted by molar-refractivity contribution is 5.91. The van der Waals surface area contributed by atoms with Crippen LogP contribution >= 0.6 is 0 Å². The minimum absolute atomic E-state index is 0.0813. The summed E-state index contributed by atoms with van der Waals surface area (Å²) in [5.74, 6) is -0.533. The molecule has 1 amide bonds. The van der Waals surface area contributed by atoms with Crippen molar-refractivity contribution in [3.05, 3.63) is 50.6 Å². The molecule has 88 valence electrons. The highest BCUT2D eigenvalue weighted by Gasteiger charge is 2.07. The van der Waals surface area contributed by atoms with Gasteiger partial charge in [0, 0.05) is 24.4 Å². The summed E-state index contributed by atoms with van der Waals surface area (Å²) in [6.07, 6.45) is 3.18. The summed E-state index contributed by atoms with van der Waals surface area (Å²) in [5, 5.41) is 8.84. The maximum atomic E-state index is 11.6. The summed E-state index contributed by atoms with van der Waals surface area (Å²) < 4.78 is 0. The molecule has 2 aromatic rings. The Balaban J connectivity index is 2.09. The first-order valence-corrected chi connectivity index (χ1v) is 4.74. The molecule has 0 saturated heterocycles. The van der Waals surface area contributed by atoms with Crippen molar-refractivity contribution in [1.82, 2.24) is 25.5 Å². The van der Waals surface area contributed by atoms with Gasteiger partial charge in [0.25, 0.3) is 11.5 Å². The van der Waals surface area contributed by atoms with Gasteiger partial charge in [0.05, 0.1) is 6.20 Å². The first kappa shape index (κ1) is 10.9. The Hall–Kier alpha value is -2.64. The first-order valence-electron chi connectivity index (χ1n) is 4.74. The molecule has 0 aromatic carbocycles. The number of H-pyrrole nitrogens is 3. The fraction of sp³-hybridized carbons (Fsp3) is 0.111. The van der Waals surface area contributed by atoms with Gasteiger partial charge in [-0.15, -0.1) is 0 Å². The van der Waals surface area contributed by atoms with Gasteiger partial charge in [0.15, 0.2) is 0 Å². The second kappa shape index (κ2) is 4.47. The number of amides is 1. The van der Waals surface area contributed by atoms with Crippen LogP contribution in [0.4, 0.5) is 0 Å². The third-order valence-electron chi connectivity index (χ3n) is 2.01. The molecule has 0 fully saturated rings. The molecule has 17 heavy (non-hydrogen) atoms. The molecule has 2 aromatic heterocycles. The van der Waals surface area contributed by atoms with Crippen LogP contribution < -0.4 is 16.6 Å². The van der Waals surface area contributed by atoms with E-state index in [-0.39, 0.29) is 12.2 Å². The quantitative estimate of drug-likeness (QED) is 0.528. The molecule has 4 N–H and O–H groups in total. The molecule has 0 saturated carbocycles. The van der Waals surface area contributed by atoms with E-state index >= 15 is 0 Å². The SMILES string of the molecule is O=C(NCc1cn[nH]c1)c1cc(=O)[nH]c(=O)[nH]1. The smallest absolute Gasteiger partial charge is 0.326 e. The van der Waals surface area contributed by atoms with Gasteiger partial charge < -0.3 is 10.3 Å². The molecular formula is C9H9N5O3. The standard InChI is InChI=1S/C9H9N5O3/c15-7-1-6(13-9(17)14-7)8(16)10-2-5-3-11-12-4-5/h1,3-4H,2H2,(H,10,16)(H,11,12)(H2,13,14,15,17). The van der Waals surface area contributed by atoms with E-state index in [1.165, 1.54) is 0 Å². The third-order valence-corrected chi connectivity index (χ3v) is 2.01. The van der Waals surface area contributed by atoms with E-state index in [9.17, 15) is 14.4 Å². The van der Waals surface area contributed by atoms with E-state index in [0.29, 0.717) is 0 Å². The Bertz CT molecular complexity index is 596. The zero-order chi connectivity index (χ0) is 12.3.